The highest BCUT2D eigenvalue weighted by Crippen LogP contribution is 2.20. The van der Waals surface area contributed by atoms with Gasteiger partial charge in [0.15, 0.2) is 0 Å². The van der Waals surface area contributed by atoms with E-state index in [1.165, 1.54) is 0 Å². The molecule has 0 amide bonds. The number of aliphatic hydroxyl groups is 2. The Bertz CT molecular complexity index is 1040. The number of aromatic nitrogens is 3. The lowest BCUT2D eigenvalue weighted by Gasteiger charge is -2.42. The Morgan fingerprint density at radius 2 is 1.97 bits per heavy atom. The van der Waals surface area contributed by atoms with Gasteiger partial charge >= 0.3 is 0 Å². The second-order valence-electron chi connectivity index (χ2n) is 7.49. The Morgan fingerprint density at radius 1 is 1.19 bits per heavy atom. The maximum Gasteiger partial charge on any atom is 0.210 e. The number of ether oxygens (including phenoxy) is 1. The first kappa shape index (κ1) is 21.1. The van der Waals surface area contributed by atoms with Crippen LogP contribution in [-0.2, 0) is 13.0 Å². The lowest BCUT2D eigenvalue weighted by Crippen LogP contribution is -2.59. The molecule has 8 nitrogen and oxygen atoms in total. The average Bonchev–Trinajstić information content (AvgIpc) is 3.41. The molecule has 8 heteroatoms. The molecule has 1 aromatic carbocycles. The summed E-state index contributed by atoms with van der Waals surface area (Å²) in [7, 11) is 0. The largest absolute Gasteiger partial charge is 0.488 e. The van der Waals surface area contributed by atoms with Gasteiger partial charge in [-0.2, -0.15) is 0 Å². The summed E-state index contributed by atoms with van der Waals surface area (Å²) in [6.45, 7) is 3.97. The highest BCUT2D eigenvalue weighted by Gasteiger charge is 2.33. The van der Waals surface area contributed by atoms with Crippen LogP contribution in [0.25, 0.3) is 0 Å². The minimum atomic E-state index is -0.206. The molecule has 0 aliphatic carbocycles. The van der Waals surface area contributed by atoms with E-state index < -0.39 is 0 Å². The number of nitrogens with zero attached hydrogens (tertiary/aromatic N) is 4. The fourth-order valence-corrected chi connectivity index (χ4v) is 3.49. The van der Waals surface area contributed by atoms with Gasteiger partial charge in [0.25, 0.3) is 0 Å². The molecule has 2 aromatic heterocycles. The van der Waals surface area contributed by atoms with Gasteiger partial charge in [0, 0.05) is 43.5 Å². The molecule has 1 aliphatic heterocycles. The minimum Gasteiger partial charge on any atom is -0.488 e. The summed E-state index contributed by atoms with van der Waals surface area (Å²) >= 11 is 0. The number of benzene rings is 1. The second kappa shape index (κ2) is 9.79. The van der Waals surface area contributed by atoms with Gasteiger partial charge in [0.1, 0.15) is 23.4 Å². The number of likely N-dealkylation sites (tertiary alicyclic amines) is 1. The van der Waals surface area contributed by atoms with E-state index in [1.807, 2.05) is 46.0 Å². The van der Waals surface area contributed by atoms with E-state index >= 15 is 0 Å². The molecule has 3 aromatic rings. The molecule has 2 N–H and O–H groups in total. The van der Waals surface area contributed by atoms with Crippen LogP contribution in [0.3, 0.4) is 0 Å². The molecule has 0 bridgehead atoms. The van der Waals surface area contributed by atoms with Crippen LogP contribution in [0.5, 0.6) is 5.75 Å². The van der Waals surface area contributed by atoms with E-state index in [-0.39, 0.29) is 25.4 Å². The van der Waals surface area contributed by atoms with Crippen LogP contribution < -0.4 is 4.74 Å². The maximum atomic E-state index is 9.21. The third kappa shape index (κ3) is 5.14. The van der Waals surface area contributed by atoms with E-state index in [2.05, 4.69) is 28.9 Å². The zero-order valence-electron chi connectivity index (χ0n) is 17.4. The Labute approximate surface area is 181 Å². The van der Waals surface area contributed by atoms with Crippen molar-refractivity contribution in [3.05, 3.63) is 65.6 Å². The van der Waals surface area contributed by atoms with Crippen LogP contribution in [0.2, 0.25) is 0 Å². The second-order valence-corrected chi connectivity index (χ2v) is 7.49. The van der Waals surface area contributed by atoms with Gasteiger partial charge in [0.05, 0.1) is 25.8 Å². The lowest BCUT2D eigenvalue weighted by molar-refractivity contribution is -0.0396. The average molecular weight is 422 g/mol. The maximum absolute atomic E-state index is 9.21. The van der Waals surface area contributed by atoms with Crippen LogP contribution in [0.15, 0.2) is 47.2 Å². The van der Waals surface area contributed by atoms with E-state index in [0.717, 1.165) is 29.3 Å². The SMILES string of the molecule is CCc1nccn1Cc1cc(C#Cc2ccc(OC3CN(C(CO)CO)C3)cc2)on1. The summed E-state index contributed by atoms with van der Waals surface area (Å²) in [6, 6.07) is 9.22. The van der Waals surface area contributed by atoms with Crippen molar-refractivity contribution in [3.8, 4) is 17.6 Å². The van der Waals surface area contributed by atoms with Crippen LogP contribution >= 0.6 is 0 Å². The first-order valence-electron chi connectivity index (χ1n) is 10.4. The Balaban J connectivity index is 1.30. The van der Waals surface area contributed by atoms with Gasteiger partial charge in [-0.05, 0) is 30.2 Å². The van der Waals surface area contributed by atoms with Crippen molar-refractivity contribution in [3.63, 3.8) is 0 Å². The van der Waals surface area contributed by atoms with Crippen molar-refractivity contribution in [2.45, 2.75) is 32.0 Å². The smallest absolute Gasteiger partial charge is 0.210 e. The third-order valence-electron chi connectivity index (χ3n) is 5.31. The van der Waals surface area contributed by atoms with Gasteiger partial charge in [-0.15, -0.1) is 0 Å². The number of hydrogen-bond acceptors (Lipinski definition) is 7. The molecule has 0 spiro atoms. The van der Waals surface area contributed by atoms with E-state index in [4.69, 9.17) is 9.26 Å². The standard InChI is InChI=1S/C23H26N4O4/c1-2-23-24-9-10-26(23)12-18-11-21(31-25-18)8-5-17-3-6-20(7-4-17)30-22-13-27(14-22)19(15-28)16-29/h3-4,6-7,9-11,19,22,28-29H,2,12-16H2,1H3. The highest BCUT2D eigenvalue weighted by atomic mass is 16.5. The summed E-state index contributed by atoms with van der Waals surface area (Å²) < 4.78 is 13.3. The molecule has 0 unspecified atom stereocenters. The molecule has 31 heavy (non-hydrogen) atoms. The summed E-state index contributed by atoms with van der Waals surface area (Å²) in [6.07, 6.45) is 4.65. The van der Waals surface area contributed by atoms with Gasteiger partial charge in [-0.1, -0.05) is 18.0 Å². The Morgan fingerprint density at radius 3 is 2.68 bits per heavy atom. The van der Waals surface area contributed by atoms with E-state index in [1.54, 1.807) is 6.20 Å². The topological polar surface area (TPSA) is 96.8 Å². The molecular formula is C23H26N4O4. The molecule has 0 atom stereocenters. The zero-order valence-corrected chi connectivity index (χ0v) is 17.4. The fourth-order valence-electron chi connectivity index (χ4n) is 3.49. The Hall–Kier alpha value is -3.12. The highest BCUT2D eigenvalue weighted by molar-refractivity contribution is 5.42. The molecule has 1 aliphatic rings. The summed E-state index contributed by atoms with van der Waals surface area (Å²) in [5, 5.41) is 22.5. The van der Waals surface area contributed by atoms with Crippen molar-refractivity contribution < 1.29 is 19.5 Å². The van der Waals surface area contributed by atoms with Crippen molar-refractivity contribution in [1.82, 2.24) is 19.6 Å². The van der Waals surface area contributed by atoms with Gasteiger partial charge in [-0.25, -0.2) is 4.98 Å². The van der Waals surface area contributed by atoms with Crippen LogP contribution in [0.4, 0.5) is 0 Å². The summed E-state index contributed by atoms with van der Waals surface area (Å²) in [4.78, 5) is 6.32. The van der Waals surface area contributed by atoms with Gasteiger partial charge < -0.3 is 24.0 Å². The molecule has 0 saturated carbocycles. The third-order valence-corrected chi connectivity index (χ3v) is 5.31. The first-order chi connectivity index (χ1) is 15.2. The van der Waals surface area contributed by atoms with E-state index in [9.17, 15) is 10.2 Å². The van der Waals surface area contributed by atoms with Crippen LogP contribution in [-0.4, -0.2) is 68.3 Å². The van der Waals surface area contributed by atoms with Gasteiger partial charge in [-0.3, -0.25) is 4.90 Å². The molecule has 4 rings (SSSR count). The van der Waals surface area contributed by atoms with Crippen molar-refractivity contribution in [2.75, 3.05) is 26.3 Å². The normalized spacial score (nSPS) is 14.3. The van der Waals surface area contributed by atoms with Crippen molar-refractivity contribution in [1.29, 1.82) is 0 Å². The number of aliphatic hydroxyl groups excluding tert-OH is 2. The van der Waals surface area contributed by atoms with Gasteiger partial charge in [0.2, 0.25) is 5.76 Å². The molecule has 1 saturated heterocycles. The predicted octanol–water partition coefficient (Wildman–Crippen LogP) is 1.30. The monoisotopic (exact) mass is 422 g/mol. The van der Waals surface area contributed by atoms with Crippen molar-refractivity contribution >= 4 is 0 Å². The molecule has 0 radical (unpaired) electrons. The zero-order chi connectivity index (χ0) is 21.6. The Kier molecular flexibility index (Phi) is 6.67. The fraction of sp³-hybridized carbons (Fsp3) is 0.391. The number of rotatable bonds is 8. The minimum absolute atomic E-state index is 0.0490. The van der Waals surface area contributed by atoms with E-state index in [0.29, 0.717) is 25.4 Å². The number of imidazole rings is 1. The quantitative estimate of drug-likeness (QED) is 0.528. The number of aryl methyl sites for hydroxylation is 1. The van der Waals surface area contributed by atoms with Crippen LogP contribution in [0.1, 0.15) is 29.8 Å². The first-order valence-corrected chi connectivity index (χ1v) is 10.4. The molecule has 3 heterocycles. The molecule has 1 fully saturated rings. The molecule has 162 valence electrons. The number of hydrogen-bond donors (Lipinski definition) is 2. The van der Waals surface area contributed by atoms with Crippen LogP contribution in [0, 0.1) is 11.8 Å². The summed E-state index contributed by atoms with van der Waals surface area (Å²) in [5.74, 6) is 8.38. The summed E-state index contributed by atoms with van der Waals surface area (Å²) in [5.41, 5.74) is 1.66. The predicted molar refractivity (Wildman–Crippen MR) is 114 cm³/mol. The van der Waals surface area contributed by atoms with Crippen molar-refractivity contribution in [2.24, 2.45) is 0 Å². The lowest BCUT2D eigenvalue weighted by atomic mass is 10.1. The molecular weight excluding hydrogens is 396 g/mol.